The van der Waals surface area contributed by atoms with Crippen molar-refractivity contribution in [3.05, 3.63) is 42.3 Å². The minimum absolute atomic E-state index is 0.116. The van der Waals surface area contributed by atoms with Crippen molar-refractivity contribution in [3.8, 4) is 28.5 Å². The largest absolute Gasteiger partial charge is 0.488 e. The van der Waals surface area contributed by atoms with E-state index in [1.165, 1.54) is 6.07 Å². The average Bonchev–Trinajstić information content (AvgIpc) is 3.39. The van der Waals surface area contributed by atoms with E-state index in [9.17, 15) is 8.78 Å². The van der Waals surface area contributed by atoms with Crippen LogP contribution in [-0.4, -0.2) is 59.9 Å². The third kappa shape index (κ3) is 3.70. The fraction of sp³-hybridized carbons (Fsp3) is 0.286. The molecule has 1 aliphatic heterocycles. The zero-order valence-electron chi connectivity index (χ0n) is 16.6. The van der Waals surface area contributed by atoms with E-state index < -0.39 is 12.0 Å². The van der Waals surface area contributed by atoms with Crippen molar-refractivity contribution in [2.75, 3.05) is 38.3 Å². The van der Waals surface area contributed by atoms with Gasteiger partial charge in [0.1, 0.15) is 30.0 Å². The van der Waals surface area contributed by atoms with E-state index in [2.05, 4.69) is 20.3 Å². The van der Waals surface area contributed by atoms with Gasteiger partial charge in [-0.2, -0.15) is 5.10 Å². The van der Waals surface area contributed by atoms with E-state index in [-0.39, 0.29) is 12.4 Å². The Morgan fingerprint density at radius 3 is 2.84 bits per heavy atom. The lowest BCUT2D eigenvalue weighted by atomic mass is 10.1. The number of aromatic nitrogens is 4. The number of anilines is 1. The van der Waals surface area contributed by atoms with Gasteiger partial charge in [-0.25, -0.2) is 13.8 Å². The molecule has 8 nitrogen and oxygen atoms in total. The first-order valence-electron chi connectivity index (χ1n) is 9.74. The number of methoxy groups -OCH3 is 1. The number of aromatic amines is 1. The minimum atomic E-state index is -0.791. The van der Waals surface area contributed by atoms with Crippen molar-refractivity contribution < 1.29 is 22.8 Å². The van der Waals surface area contributed by atoms with Crippen molar-refractivity contribution >= 4 is 16.7 Å². The SMILES string of the molecule is COCCOc1cc2[nH]nc(-c3cc(-c4ccc(N5CC(F)C5)nc4)no3)c2cc1F. The lowest BCUT2D eigenvalue weighted by Crippen LogP contribution is -2.48. The second kappa shape index (κ2) is 7.95. The Morgan fingerprint density at radius 1 is 1.23 bits per heavy atom. The smallest absolute Gasteiger partial charge is 0.188 e. The van der Waals surface area contributed by atoms with Crippen molar-refractivity contribution in [2.24, 2.45) is 0 Å². The van der Waals surface area contributed by atoms with E-state index in [4.69, 9.17) is 14.0 Å². The lowest BCUT2D eigenvalue weighted by molar-refractivity contribution is 0.144. The first-order chi connectivity index (χ1) is 15.1. The van der Waals surface area contributed by atoms with E-state index in [0.717, 1.165) is 11.4 Å². The van der Waals surface area contributed by atoms with Crippen LogP contribution < -0.4 is 9.64 Å². The van der Waals surface area contributed by atoms with E-state index in [1.54, 1.807) is 25.4 Å². The van der Waals surface area contributed by atoms with Gasteiger partial charge in [0.05, 0.1) is 25.2 Å². The molecule has 160 valence electrons. The lowest BCUT2D eigenvalue weighted by Gasteiger charge is -2.35. The number of fused-ring (bicyclic) bond motifs is 1. The van der Waals surface area contributed by atoms with Gasteiger partial charge < -0.3 is 18.9 Å². The summed E-state index contributed by atoms with van der Waals surface area (Å²) in [6, 6.07) is 8.28. The fourth-order valence-electron chi connectivity index (χ4n) is 3.41. The summed E-state index contributed by atoms with van der Waals surface area (Å²) in [5, 5.41) is 11.7. The summed E-state index contributed by atoms with van der Waals surface area (Å²) in [4.78, 5) is 6.23. The number of pyridine rings is 1. The molecule has 31 heavy (non-hydrogen) atoms. The number of halogens is 2. The molecule has 0 bridgehead atoms. The first kappa shape index (κ1) is 19.4. The molecular weight excluding hydrogens is 408 g/mol. The minimum Gasteiger partial charge on any atom is -0.488 e. The molecule has 0 saturated carbocycles. The van der Waals surface area contributed by atoms with Gasteiger partial charge in [0, 0.05) is 36.4 Å². The zero-order valence-corrected chi connectivity index (χ0v) is 16.6. The van der Waals surface area contributed by atoms with Gasteiger partial charge >= 0.3 is 0 Å². The van der Waals surface area contributed by atoms with Crippen LogP contribution in [0.2, 0.25) is 0 Å². The van der Waals surface area contributed by atoms with Gasteiger partial charge in [-0.1, -0.05) is 5.16 Å². The van der Waals surface area contributed by atoms with Gasteiger partial charge in [-0.3, -0.25) is 5.10 Å². The van der Waals surface area contributed by atoms with Crippen molar-refractivity contribution in [1.29, 1.82) is 0 Å². The van der Waals surface area contributed by atoms with Gasteiger partial charge in [-0.05, 0) is 18.2 Å². The molecule has 4 heterocycles. The normalized spacial score (nSPS) is 14.2. The third-order valence-electron chi connectivity index (χ3n) is 5.11. The molecule has 0 unspecified atom stereocenters. The van der Waals surface area contributed by atoms with Crippen LogP contribution in [0.1, 0.15) is 0 Å². The van der Waals surface area contributed by atoms with Crippen LogP contribution in [-0.2, 0) is 4.74 Å². The second-order valence-electron chi connectivity index (χ2n) is 7.23. The molecule has 0 spiro atoms. The van der Waals surface area contributed by atoms with Crippen molar-refractivity contribution in [3.63, 3.8) is 0 Å². The van der Waals surface area contributed by atoms with Gasteiger partial charge in [-0.15, -0.1) is 0 Å². The summed E-state index contributed by atoms with van der Waals surface area (Å²) >= 11 is 0. The highest BCUT2D eigenvalue weighted by atomic mass is 19.1. The summed E-state index contributed by atoms with van der Waals surface area (Å²) in [7, 11) is 1.55. The maximum Gasteiger partial charge on any atom is 0.188 e. The molecule has 0 aliphatic carbocycles. The summed E-state index contributed by atoms with van der Waals surface area (Å²) < 4.78 is 43.2. The van der Waals surface area contributed by atoms with E-state index >= 15 is 0 Å². The Kier molecular flexibility index (Phi) is 4.99. The molecule has 0 amide bonds. The molecule has 0 radical (unpaired) electrons. The predicted molar refractivity (Wildman–Crippen MR) is 109 cm³/mol. The maximum atomic E-state index is 14.5. The summed E-state index contributed by atoms with van der Waals surface area (Å²) in [6.07, 6.45) is 0.871. The molecule has 1 aromatic carbocycles. The zero-order chi connectivity index (χ0) is 21.4. The number of rotatable bonds is 7. The Morgan fingerprint density at radius 2 is 2.10 bits per heavy atom. The maximum absolute atomic E-state index is 14.5. The highest BCUT2D eigenvalue weighted by Crippen LogP contribution is 2.33. The predicted octanol–water partition coefficient (Wildman–Crippen LogP) is 3.60. The molecule has 1 fully saturated rings. The van der Waals surface area contributed by atoms with Gasteiger partial charge in [0.15, 0.2) is 17.3 Å². The van der Waals surface area contributed by atoms with E-state index in [1.807, 2.05) is 17.0 Å². The molecule has 4 aromatic rings. The van der Waals surface area contributed by atoms with Crippen molar-refractivity contribution in [2.45, 2.75) is 6.17 Å². The van der Waals surface area contributed by atoms with Crippen LogP contribution in [0.3, 0.4) is 0 Å². The number of nitrogens with one attached hydrogen (secondary N) is 1. The van der Waals surface area contributed by atoms with Gasteiger partial charge in [0.25, 0.3) is 0 Å². The summed E-state index contributed by atoms with van der Waals surface area (Å²) in [5.41, 5.74) is 2.36. The highest BCUT2D eigenvalue weighted by molar-refractivity contribution is 5.92. The fourth-order valence-corrected chi connectivity index (χ4v) is 3.41. The van der Waals surface area contributed by atoms with Gasteiger partial charge in [0.2, 0.25) is 0 Å². The molecule has 0 atom stereocenters. The second-order valence-corrected chi connectivity index (χ2v) is 7.23. The monoisotopic (exact) mass is 427 g/mol. The van der Waals surface area contributed by atoms with Crippen LogP contribution in [0.4, 0.5) is 14.6 Å². The quantitative estimate of drug-likeness (QED) is 0.451. The molecule has 1 N–H and O–H groups in total. The van der Waals surface area contributed by atoms with Crippen LogP contribution in [0.25, 0.3) is 33.6 Å². The Hall–Kier alpha value is -3.53. The summed E-state index contributed by atoms with van der Waals surface area (Å²) in [6.45, 7) is 1.33. The van der Waals surface area contributed by atoms with Crippen LogP contribution in [0.5, 0.6) is 5.75 Å². The number of hydrogen-bond acceptors (Lipinski definition) is 7. The number of ether oxygens (including phenoxy) is 2. The molecule has 1 aliphatic rings. The number of benzene rings is 1. The molecule has 10 heteroatoms. The highest BCUT2D eigenvalue weighted by Gasteiger charge is 2.27. The number of nitrogens with zero attached hydrogens (tertiary/aromatic N) is 4. The Bertz CT molecular complexity index is 1200. The first-order valence-corrected chi connectivity index (χ1v) is 9.74. The van der Waals surface area contributed by atoms with Crippen molar-refractivity contribution in [1.82, 2.24) is 20.3 Å². The number of H-pyrrole nitrogens is 1. The van der Waals surface area contributed by atoms with E-state index in [0.29, 0.717) is 47.7 Å². The topological polar surface area (TPSA) is 89.3 Å². The Labute approximate surface area is 175 Å². The standard InChI is InChI=1S/C21H19F2N5O3/c1-29-4-5-30-18-8-17-14(6-15(18)23)21(26-25-17)19-7-16(27-31-19)12-2-3-20(24-9-12)28-10-13(22)11-28/h2-3,6-9,13H,4-5,10-11H2,1H3,(H,25,26). The number of alkyl halides is 1. The van der Waals surface area contributed by atoms with Crippen LogP contribution >= 0.6 is 0 Å². The molecule has 3 aromatic heterocycles. The molecule has 5 rings (SSSR count). The Balaban J connectivity index is 1.38. The molecular formula is C21H19F2N5O3. The van der Waals surface area contributed by atoms with Crippen LogP contribution in [0, 0.1) is 5.82 Å². The van der Waals surface area contributed by atoms with Crippen LogP contribution in [0.15, 0.2) is 41.1 Å². The third-order valence-corrected chi connectivity index (χ3v) is 5.11. The average molecular weight is 427 g/mol. The summed E-state index contributed by atoms with van der Waals surface area (Å²) in [5.74, 6) is 0.720. The number of hydrogen-bond donors (Lipinski definition) is 1. The molecule has 1 saturated heterocycles.